The van der Waals surface area contributed by atoms with Gasteiger partial charge in [0.05, 0.1) is 0 Å². The number of hydrogen-bond donors (Lipinski definition) is 0. The van der Waals surface area contributed by atoms with Crippen LogP contribution in [-0.2, 0) is 8.23 Å². The van der Waals surface area contributed by atoms with Gasteiger partial charge in [0, 0.05) is 6.04 Å². The summed E-state index contributed by atoms with van der Waals surface area (Å²) in [6.07, 6.45) is 1.93. The lowest BCUT2D eigenvalue weighted by molar-refractivity contribution is 0.408. The third-order valence-electron chi connectivity index (χ3n) is 1.49. The molecule has 13 heavy (non-hydrogen) atoms. The summed E-state index contributed by atoms with van der Waals surface area (Å²) >= 11 is 0. The first-order valence-electron chi connectivity index (χ1n) is 4.86. The second-order valence-corrected chi connectivity index (χ2v) is 12.7. The van der Waals surface area contributed by atoms with Gasteiger partial charge in [0.25, 0.3) is 0 Å². The molecule has 0 aliphatic rings. The van der Waals surface area contributed by atoms with Gasteiger partial charge in [-0.15, -0.1) is 6.58 Å². The zero-order chi connectivity index (χ0) is 10.5. The van der Waals surface area contributed by atoms with Crippen LogP contribution < -0.4 is 0 Å². The van der Waals surface area contributed by atoms with Gasteiger partial charge in [-0.1, -0.05) is 6.08 Å². The summed E-state index contributed by atoms with van der Waals surface area (Å²) in [4.78, 5) is 0. The second-order valence-electron chi connectivity index (χ2n) is 3.96. The highest BCUT2D eigenvalue weighted by Gasteiger charge is 2.31. The van der Waals surface area contributed by atoms with E-state index in [1.54, 1.807) is 0 Å². The van der Waals surface area contributed by atoms with Crippen LogP contribution in [0.15, 0.2) is 12.7 Å². The quantitative estimate of drug-likeness (QED) is 0.518. The van der Waals surface area contributed by atoms with Crippen LogP contribution in [0.2, 0.25) is 38.8 Å². The van der Waals surface area contributed by atoms with Crippen LogP contribution in [0, 0.1) is 0 Å². The fraction of sp³-hybridized carbons (Fsp3) is 0.750. The van der Waals surface area contributed by atoms with Crippen LogP contribution in [0.1, 0.15) is 0 Å². The van der Waals surface area contributed by atoms with Gasteiger partial charge in [0.15, 0.2) is 18.1 Å². The maximum atomic E-state index is 6.01. The predicted octanol–water partition coefficient (Wildman–Crippen LogP) is 2.24. The second kappa shape index (κ2) is 5.92. The normalized spacial score (nSPS) is 12.5. The van der Waals surface area contributed by atoms with E-state index in [4.69, 9.17) is 8.23 Å². The minimum absolute atomic E-state index is 0.920. The first-order valence-corrected chi connectivity index (χ1v) is 12.9. The standard InChI is InChI=1S/C8H22O2Si3/c1-7-8-13(6,9-11(2)3)10-12(4)5/h7,11-12H,1,8H2,2-6H3. The molecule has 0 unspecified atom stereocenters. The average Bonchev–Trinajstić information content (AvgIpc) is 1.81. The molecule has 0 spiro atoms. The number of rotatable bonds is 6. The van der Waals surface area contributed by atoms with Crippen molar-refractivity contribution >= 4 is 26.6 Å². The molecule has 5 heteroatoms. The summed E-state index contributed by atoms with van der Waals surface area (Å²) in [6.45, 7) is 14.7. The molecule has 0 saturated carbocycles. The van der Waals surface area contributed by atoms with Crippen molar-refractivity contribution in [3.63, 3.8) is 0 Å². The first kappa shape index (κ1) is 13.3. The summed E-state index contributed by atoms with van der Waals surface area (Å²) in [5.41, 5.74) is 0. The lowest BCUT2D eigenvalue weighted by Crippen LogP contribution is -2.44. The molecular formula is C8H22O2Si3. The van der Waals surface area contributed by atoms with Crippen LogP contribution in [-0.4, -0.2) is 26.6 Å². The summed E-state index contributed by atoms with van der Waals surface area (Å²) in [5.74, 6) is 0. The fourth-order valence-corrected chi connectivity index (χ4v) is 11.4. The maximum Gasteiger partial charge on any atom is 0.317 e. The highest BCUT2D eigenvalue weighted by molar-refractivity contribution is 6.79. The van der Waals surface area contributed by atoms with E-state index in [2.05, 4.69) is 39.3 Å². The molecule has 0 heterocycles. The van der Waals surface area contributed by atoms with E-state index >= 15 is 0 Å². The highest BCUT2D eigenvalue weighted by Crippen LogP contribution is 2.16. The molecular weight excluding hydrogens is 212 g/mol. The van der Waals surface area contributed by atoms with Gasteiger partial charge in [0.2, 0.25) is 0 Å². The fourth-order valence-electron chi connectivity index (χ4n) is 1.38. The topological polar surface area (TPSA) is 18.5 Å². The first-order chi connectivity index (χ1) is 5.89. The van der Waals surface area contributed by atoms with Crippen molar-refractivity contribution in [2.24, 2.45) is 0 Å². The van der Waals surface area contributed by atoms with Crippen molar-refractivity contribution in [1.82, 2.24) is 0 Å². The van der Waals surface area contributed by atoms with Crippen molar-refractivity contribution in [1.29, 1.82) is 0 Å². The molecule has 0 radical (unpaired) electrons. The van der Waals surface area contributed by atoms with Gasteiger partial charge in [-0.3, -0.25) is 0 Å². The van der Waals surface area contributed by atoms with Crippen molar-refractivity contribution in [2.45, 2.75) is 38.8 Å². The third-order valence-corrected chi connectivity index (χ3v) is 10.3. The molecule has 0 fully saturated rings. The van der Waals surface area contributed by atoms with E-state index in [1.165, 1.54) is 0 Å². The molecule has 0 rings (SSSR count). The largest absolute Gasteiger partial charge is 0.439 e. The van der Waals surface area contributed by atoms with Crippen LogP contribution in [0.5, 0.6) is 0 Å². The van der Waals surface area contributed by atoms with E-state index < -0.39 is 26.6 Å². The van der Waals surface area contributed by atoms with Crippen molar-refractivity contribution < 1.29 is 8.23 Å². The Bertz CT molecular complexity index is 149. The SMILES string of the molecule is C=CC[Si](C)(O[SiH](C)C)O[SiH](C)C. The third kappa shape index (κ3) is 6.39. The van der Waals surface area contributed by atoms with Crippen molar-refractivity contribution in [3.8, 4) is 0 Å². The molecule has 0 aromatic heterocycles. The van der Waals surface area contributed by atoms with E-state index in [1.807, 2.05) is 6.08 Å². The maximum absolute atomic E-state index is 6.01. The van der Waals surface area contributed by atoms with E-state index in [9.17, 15) is 0 Å². The number of allylic oxidation sites excluding steroid dienone is 1. The monoisotopic (exact) mass is 234 g/mol. The summed E-state index contributed by atoms with van der Waals surface area (Å²) < 4.78 is 12.0. The van der Waals surface area contributed by atoms with Gasteiger partial charge in [0.1, 0.15) is 0 Å². The molecule has 0 aliphatic heterocycles. The smallest absolute Gasteiger partial charge is 0.317 e. The Kier molecular flexibility index (Phi) is 6.06. The zero-order valence-electron chi connectivity index (χ0n) is 9.46. The Hall–Kier alpha value is 0.311. The molecule has 0 saturated heterocycles. The molecule has 0 bridgehead atoms. The van der Waals surface area contributed by atoms with E-state index in [0.29, 0.717) is 0 Å². The van der Waals surface area contributed by atoms with E-state index in [-0.39, 0.29) is 0 Å². The summed E-state index contributed by atoms with van der Waals surface area (Å²) in [6, 6.07) is 0.920. The van der Waals surface area contributed by atoms with Gasteiger partial charge in [-0.05, 0) is 32.7 Å². The van der Waals surface area contributed by atoms with Crippen LogP contribution in [0.25, 0.3) is 0 Å². The molecule has 0 N–H and O–H groups in total. The van der Waals surface area contributed by atoms with Gasteiger partial charge in [-0.25, -0.2) is 0 Å². The minimum atomic E-state index is -1.87. The molecule has 0 aromatic carbocycles. The predicted molar refractivity (Wildman–Crippen MR) is 66.5 cm³/mol. The number of hydrogen-bond acceptors (Lipinski definition) is 2. The lowest BCUT2D eigenvalue weighted by Gasteiger charge is -2.30. The molecule has 0 atom stereocenters. The Balaban J connectivity index is 4.23. The van der Waals surface area contributed by atoms with Crippen LogP contribution in [0.3, 0.4) is 0 Å². The van der Waals surface area contributed by atoms with Gasteiger partial charge >= 0.3 is 8.56 Å². The van der Waals surface area contributed by atoms with E-state index in [0.717, 1.165) is 6.04 Å². The average molecular weight is 235 g/mol. The van der Waals surface area contributed by atoms with Crippen LogP contribution >= 0.6 is 0 Å². The highest BCUT2D eigenvalue weighted by atomic mass is 28.5. The zero-order valence-corrected chi connectivity index (χ0v) is 12.8. The van der Waals surface area contributed by atoms with Crippen molar-refractivity contribution in [3.05, 3.63) is 12.7 Å². The molecule has 0 amide bonds. The summed E-state index contributed by atoms with van der Waals surface area (Å²) in [7, 11) is -3.82. The molecule has 78 valence electrons. The Morgan fingerprint density at radius 3 is 1.77 bits per heavy atom. The minimum Gasteiger partial charge on any atom is -0.439 e. The molecule has 0 aromatic rings. The molecule has 2 nitrogen and oxygen atoms in total. The Morgan fingerprint density at radius 1 is 1.15 bits per heavy atom. The Labute approximate surface area is 86.7 Å². The van der Waals surface area contributed by atoms with Crippen molar-refractivity contribution in [2.75, 3.05) is 0 Å². The van der Waals surface area contributed by atoms with Gasteiger partial charge in [-0.2, -0.15) is 0 Å². The Morgan fingerprint density at radius 2 is 1.54 bits per heavy atom. The van der Waals surface area contributed by atoms with Crippen LogP contribution in [0.4, 0.5) is 0 Å². The van der Waals surface area contributed by atoms with Gasteiger partial charge < -0.3 is 8.23 Å². The molecule has 0 aliphatic carbocycles. The lowest BCUT2D eigenvalue weighted by atomic mass is 10.8. The summed E-state index contributed by atoms with van der Waals surface area (Å²) in [5, 5.41) is 0.